The maximum atomic E-state index is 12.2. The van der Waals surface area contributed by atoms with Gasteiger partial charge in [-0.1, -0.05) is 18.2 Å². The van der Waals surface area contributed by atoms with E-state index in [0.717, 1.165) is 5.69 Å². The average Bonchev–Trinajstić information content (AvgIpc) is 3.07. The minimum absolute atomic E-state index is 0. The molecule has 0 aliphatic rings. The SMILES string of the molecule is I.N#Cc1c(CCCN=C(N)Nc2ccc(OC(F)(F)F)cc2)nn(-c2ccccc2)c1N. The van der Waals surface area contributed by atoms with Gasteiger partial charge in [0.05, 0.1) is 11.4 Å². The Hall–Kier alpha value is -3.47. The van der Waals surface area contributed by atoms with Gasteiger partial charge in [-0.05, 0) is 49.2 Å². The molecule has 3 rings (SSSR count). The number of nitriles is 1. The summed E-state index contributed by atoms with van der Waals surface area (Å²) < 4.78 is 41.9. The molecule has 0 bridgehead atoms. The van der Waals surface area contributed by atoms with Gasteiger partial charge in [0, 0.05) is 12.2 Å². The van der Waals surface area contributed by atoms with E-state index in [-0.39, 0.29) is 41.5 Å². The zero-order chi connectivity index (χ0) is 23.1. The van der Waals surface area contributed by atoms with E-state index in [1.54, 1.807) is 0 Å². The highest BCUT2D eigenvalue weighted by Crippen LogP contribution is 2.24. The van der Waals surface area contributed by atoms with Gasteiger partial charge in [-0.15, -0.1) is 37.1 Å². The summed E-state index contributed by atoms with van der Waals surface area (Å²) in [6.45, 7) is 0.344. The minimum Gasteiger partial charge on any atom is -0.406 e. The first-order valence-electron chi connectivity index (χ1n) is 9.52. The number of nitrogen functional groups attached to an aromatic ring is 1. The molecule has 0 fully saturated rings. The number of para-hydroxylation sites is 1. The molecule has 1 aromatic heterocycles. The van der Waals surface area contributed by atoms with Crippen molar-refractivity contribution in [1.29, 1.82) is 5.26 Å². The molecule has 0 spiro atoms. The van der Waals surface area contributed by atoms with Crippen molar-refractivity contribution in [2.24, 2.45) is 10.7 Å². The fourth-order valence-corrected chi connectivity index (χ4v) is 2.91. The zero-order valence-corrected chi connectivity index (χ0v) is 19.5. The molecule has 0 unspecified atom stereocenters. The molecule has 0 amide bonds. The predicted octanol–water partition coefficient (Wildman–Crippen LogP) is 4.20. The van der Waals surface area contributed by atoms with Gasteiger partial charge in [0.1, 0.15) is 23.2 Å². The largest absolute Gasteiger partial charge is 0.573 e. The van der Waals surface area contributed by atoms with Crippen molar-refractivity contribution in [2.45, 2.75) is 19.2 Å². The zero-order valence-electron chi connectivity index (χ0n) is 17.2. The predicted molar refractivity (Wildman–Crippen MR) is 130 cm³/mol. The summed E-state index contributed by atoms with van der Waals surface area (Å²) in [5.74, 6) is 0.0433. The van der Waals surface area contributed by atoms with Crippen molar-refractivity contribution in [3.8, 4) is 17.5 Å². The number of hydrogen-bond donors (Lipinski definition) is 3. The van der Waals surface area contributed by atoms with Crippen molar-refractivity contribution < 1.29 is 17.9 Å². The first-order valence-corrected chi connectivity index (χ1v) is 9.52. The van der Waals surface area contributed by atoms with Crippen LogP contribution in [0.1, 0.15) is 17.7 Å². The molecule has 0 radical (unpaired) electrons. The van der Waals surface area contributed by atoms with E-state index < -0.39 is 6.36 Å². The van der Waals surface area contributed by atoms with Crippen LogP contribution in [0.25, 0.3) is 5.69 Å². The van der Waals surface area contributed by atoms with E-state index >= 15 is 0 Å². The maximum absolute atomic E-state index is 12.2. The molecule has 174 valence electrons. The van der Waals surface area contributed by atoms with Crippen molar-refractivity contribution in [1.82, 2.24) is 9.78 Å². The lowest BCUT2D eigenvalue weighted by atomic mass is 10.1. The number of aromatic nitrogens is 2. The molecule has 2 aromatic carbocycles. The van der Waals surface area contributed by atoms with Crippen LogP contribution in [0, 0.1) is 11.3 Å². The van der Waals surface area contributed by atoms with Gasteiger partial charge in [0.2, 0.25) is 0 Å². The van der Waals surface area contributed by atoms with Crippen molar-refractivity contribution in [3.63, 3.8) is 0 Å². The van der Waals surface area contributed by atoms with Gasteiger partial charge in [0.25, 0.3) is 0 Å². The van der Waals surface area contributed by atoms with Gasteiger partial charge < -0.3 is 21.5 Å². The number of hydrogen-bond acceptors (Lipinski definition) is 5. The summed E-state index contributed by atoms with van der Waals surface area (Å²) in [6.07, 6.45) is -3.73. The third-order valence-electron chi connectivity index (χ3n) is 4.32. The summed E-state index contributed by atoms with van der Waals surface area (Å²) in [5, 5.41) is 16.7. The fraction of sp³-hybridized carbons (Fsp3) is 0.190. The number of aliphatic imine (C=N–C) groups is 1. The molecule has 0 aliphatic heterocycles. The number of nitrogens with two attached hydrogens (primary N) is 2. The highest BCUT2D eigenvalue weighted by molar-refractivity contribution is 14.0. The summed E-state index contributed by atoms with van der Waals surface area (Å²) in [7, 11) is 0. The van der Waals surface area contributed by atoms with Crippen LogP contribution in [-0.4, -0.2) is 28.6 Å². The van der Waals surface area contributed by atoms with Crippen LogP contribution < -0.4 is 21.5 Å². The van der Waals surface area contributed by atoms with Crippen LogP contribution in [0.5, 0.6) is 5.75 Å². The number of rotatable bonds is 7. The van der Waals surface area contributed by atoms with Crippen LogP contribution >= 0.6 is 24.0 Å². The molecule has 33 heavy (non-hydrogen) atoms. The van der Waals surface area contributed by atoms with Crippen LogP contribution in [0.3, 0.4) is 0 Å². The second-order valence-corrected chi connectivity index (χ2v) is 6.63. The molecule has 8 nitrogen and oxygen atoms in total. The van der Waals surface area contributed by atoms with Crippen molar-refractivity contribution in [3.05, 3.63) is 65.9 Å². The number of halogens is 4. The molecule has 12 heteroatoms. The minimum atomic E-state index is -4.75. The molecule has 0 atom stereocenters. The third kappa shape index (κ3) is 7.28. The molecule has 0 saturated carbocycles. The van der Waals surface area contributed by atoms with Gasteiger partial charge >= 0.3 is 6.36 Å². The smallest absolute Gasteiger partial charge is 0.406 e. The normalized spacial score (nSPS) is 11.4. The lowest BCUT2D eigenvalue weighted by Crippen LogP contribution is -2.23. The number of aryl methyl sites for hydroxylation is 1. The second kappa shape index (κ2) is 11.4. The molecule has 0 saturated heterocycles. The average molecular weight is 571 g/mol. The fourth-order valence-electron chi connectivity index (χ4n) is 2.91. The van der Waals surface area contributed by atoms with Gasteiger partial charge in [-0.25, -0.2) is 4.68 Å². The number of guanidine groups is 1. The highest BCUT2D eigenvalue weighted by atomic mass is 127. The van der Waals surface area contributed by atoms with E-state index in [0.29, 0.717) is 36.3 Å². The summed E-state index contributed by atoms with van der Waals surface area (Å²) in [6, 6.07) is 16.5. The van der Waals surface area contributed by atoms with Crippen LogP contribution in [0.15, 0.2) is 59.6 Å². The van der Waals surface area contributed by atoms with Crippen molar-refractivity contribution in [2.75, 3.05) is 17.6 Å². The Balaban J connectivity index is 0.00000385. The lowest BCUT2D eigenvalue weighted by molar-refractivity contribution is -0.274. The summed E-state index contributed by atoms with van der Waals surface area (Å²) in [5.41, 5.74) is 14.0. The molecule has 3 aromatic rings. The molecule has 0 aliphatic carbocycles. The Kier molecular flexibility index (Phi) is 8.92. The quantitative estimate of drug-likeness (QED) is 0.169. The number of nitrogens with zero attached hydrogens (tertiary/aromatic N) is 4. The van der Waals surface area contributed by atoms with E-state index in [2.05, 4.69) is 26.2 Å². The van der Waals surface area contributed by atoms with E-state index in [4.69, 9.17) is 11.5 Å². The van der Waals surface area contributed by atoms with E-state index in [9.17, 15) is 18.4 Å². The van der Waals surface area contributed by atoms with Gasteiger partial charge in [-0.3, -0.25) is 4.99 Å². The maximum Gasteiger partial charge on any atom is 0.573 e. The first-order chi connectivity index (χ1) is 15.3. The van der Waals surface area contributed by atoms with Gasteiger partial charge in [0.15, 0.2) is 5.96 Å². The van der Waals surface area contributed by atoms with Crippen LogP contribution in [-0.2, 0) is 6.42 Å². The molecular formula is C21H21F3IN7O. The monoisotopic (exact) mass is 571 g/mol. The Morgan fingerprint density at radius 3 is 2.42 bits per heavy atom. The first kappa shape index (κ1) is 25.8. The highest BCUT2D eigenvalue weighted by Gasteiger charge is 2.30. The van der Waals surface area contributed by atoms with Crippen LogP contribution in [0.4, 0.5) is 24.7 Å². The number of alkyl halides is 3. The number of ether oxygens (including phenoxy) is 1. The Bertz CT molecular complexity index is 1120. The van der Waals surface area contributed by atoms with Crippen LogP contribution in [0.2, 0.25) is 0 Å². The van der Waals surface area contributed by atoms with E-state index in [1.165, 1.54) is 28.9 Å². The Morgan fingerprint density at radius 2 is 1.82 bits per heavy atom. The van der Waals surface area contributed by atoms with E-state index in [1.807, 2.05) is 30.3 Å². The second-order valence-electron chi connectivity index (χ2n) is 6.63. The lowest BCUT2D eigenvalue weighted by Gasteiger charge is -2.10. The third-order valence-corrected chi connectivity index (χ3v) is 4.32. The van der Waals surface area contributed by atoms with Gasteiger partial charge in [-0.2, -0.15) is 10.4 Å². The standard InChI is InChI=1S/C21H20F3N7O.HI/c22-21(23,24)32-16-10-8-14(9-11-16)29-20(27)28-12-4-7-18-17(13-25)19(26)31(30-18)15-5-2-1-3-6-15;/h1-3,5-6,8-11H,4,7,12,26H2,(H3,27,28,29);1H. The number of nitrogens with one attached hydrogen (secondary N) is 1. The topological polar surface area (TPSA) is 127 Å². The molecule has 1 heterocycles. The van der Waals surface area contributed by atoms with Crippen molar-refractivity contribution >= 4 is 41.4 Å². The Labute approximate surface area is 205 Å². The number of benzene rings is 2. The molecule has 5 N–H and O–H groups in total. The molecular weight excluding hydrogens is 550 g/mol. The number of anilines is 2. The Morgan fingerprint density at radius 1 is 1.15 bits per heavy atom. The summed E-state index contributed by atoms with van der Waals surface area (Å²) in [4.78, 5) is 4.18. The summed E-state index contributed by atoms with van der Waals surface area (Å²) >= 11 is 0.